The van der Waals surface area contributed by atoms with Gasteiger partial charge < -0.3 is 14.7 Å². The first-order valence-electron chi connectivity index (χ1n) is 7.59. The molecule has 0 aromatic carbocycles. The van der Waals surface area contributed by atoms with E-state index in [4.69, 9.17) is 4.74 Å². The maximum absolute atomic E-state index is 11.7. The Hall–Kier alpha value is -0.610. The average Bonchev–Trinajstić information content (AvgIpc) is 2.83. The predicted octanol–water partition coefficient (Wildman–Crippen LogP) is 2.38. The molecule has 2 fully saturated rings. The Labute approximate surface area is 116 Å². The molecule has 1 N–H and O–H groups in total. The van der Waals surface area contributed by atoms with Crippen LogP contribution in [0.25, 0.3) is 0 Å². The number of carbonyl (C=O) groups is 1. The zero-order chi connectivity index (χ0) is 13.9. The second kappa shape index (κ2) is 5.80. The number of ether oxygens (including phenoxy) is 1. The molecule has 110 valence electrons. The van der Waals surface area contributed by atoms with Crippen LogP contribution in [-0.4, -0.2) is 48.8 Å². The normalized spacial score (nSPS) is 26.4. The van der Waals surface area contributed by atoms with Crippen LogP contribution < -0.4 is 0 Å². The Morgan fingerprint density at radius 2 is 1.84 bits per heavy atom. The molecule has 0 amide bonds. The van der Waals surface area contributed by atoms with Gasteiger partial charge in [-0.2, -0.15) is 0 Å². The summed E-state index contributed by atoms with van der Waals surface area (Å²) in [5, 5.41) is 9.61. The number of hydrogen-bond acceptors (Lipinski definition) is 3. The summed E-state index contributed by atoms with van der Waals surface area (Å²) in [7, 11) is 0. The van der Waals surface area contributed by atoms with Crippen molar-refractivity contribution in [3.63, 3.8) is 0 Å². The van der Waals surface area contributed by atoms with Gasteiger partial charge in [-0.25, -0.2) is 0 Å². The standard InChI is InChI=1S/C15H27NO3/c1-3-14(4-2)5-8-16(11-14)12-15(13(17)18)6-9-19-10-7-15/h3-12H2,1-2H3,(H,17,18). The fraction of sp³-hybridized carbons (Fsp3) is 0.933. The minimum atomic E-state index is -0.638. The SMILES string of the molecule is CCC1(CC)CCN(CC2(C(=O)O)CCOCC2)C1. The summed E-state index contributed by atoms with van der Waals surface area (Å²) in [6.07, 6.45) is 4.92. The summed E-state index contributed by atoms with van der Waals surface area (Å²) < 4.78 is 5.34. The molecule has 0 radical (unpaired) electrons. The lowest BCUT2D eigenvalue weighted by molar-refractivity contribution is -0.156. The van der Waals surface area contributed by atoms with Gasteiger partial charge in [-0.05, 0) is 44.1 Å². The van der Waals surface area contributed by atoms with Crippen LogP contribution in [0.1, 0.15) is 46.0 Å². The van der Waals surface area contributed by atoms with Crippen molar-refractivity contribution < 1.29 is 14.6 Å². The second-order valence-electron chi connectivity index (χ2n) is 6.37. The third-order valence-corrected chi connectivity index (χ3v) is 5.45. The third-order valence-electron chi connectivity index (χ3n) is 5.45. The fourth-order valence-electron chi connectivity index (χ4n) is 3.62. The molecule has 4 nitrogen and oxygen atoms in total. The van der Waals surface area contributed by atoms with E-state index in [1.165, 1.54) is 19.3 Å². The van der Waals surface area contributed by atoms with Crippen molar-refractivity contribution in [3.8, 4) is 0 Å². The molecule has 0 aromatic heterocycles. The van der Waals surface area contributed by atoms with Crippen LogP contribution in [0.3, 0.4) is 0 Å². The van der Waals surface area contributed by atoms with E-state index < -0.39 is 11.4 Å². The van der Waals surface area contributed by atoms with E-state index in [9.17, 15) is 9.90 Å². The number of aliphatic carboxylic acids is 1. The molecular formula is C15H27NO3. The van der Waals surface area contributed by atoms with Gasteiger partial charge >= 0.3 is 5.97 Å². The molecule has 0 unspecified atom stereocenters. The van der Waals surface area contributed by atoms with Crippen molar-refractivity contribution in [3.05, 3.63) is 0 Å². The second-order valence-corrected chi connectivity index (χ2v) is 6.37. The number of rotatable bonds is 5. The molecule has 0 aliphatic carbocycles. The summed E-state index contributed by atoms with van der Waals surface area (Å²) in [5.41, 5.74) is -0.152. The van der Waals surface area contributed by atoms with Gasteiger partial charge in [0, 0.05) is 26.3 Å². The van der Waals surface area contributed by atoms with Crippen molar-refractivity contribution >= 4 is 5.97 Å². The quantitative estimate of drug-likeness (QED) is 0.832. The first kappa shape index (κ1) is 14.8. The van der Waals surface area contributed by atoms with Crippen LogP contribution in [-0.2, 0) is 9.53 Å². The van der Waals surface area contributed by atoms with Crippen molar-refractivity contribution in [2.75, 3.05) is 32.8 Å². The third kappa shape index (κ3) is 2.95. The van der Waals surface area contributed by atoms with Gasteiger partial charge in [0.25, 0.3) is 0 Å². The highest BCUT2D eigenvalue weighted by molar-refractivity contribution is 5.75. The number of nitrogens with zero attached hydrogens (tertiary/aromatic N) is 1. The summed E-state index contributed by atoms with van der Waals surface area (Å²) in [5.74, 6) is -0.638. The minimum absolute atomic E-state index is 0.421. The lowest BCUT2D eigenvalue weighted by Crippen LogP contribution is -2.46. The summed E-state index contributed by atoms with van der Waals surface area (Å²) in [4.78, 5) is 14.1. The molecule has 19 heavy (non-hydrogen) atoms. The van der Waals surface area contributed by atoms with Gasteiger partial charge in [-0.15, -0.1) is 0 Å². The fourth-order valence-corrected chi connectivity index (χ4v) is 3.62. The zero-order valence-electron chi connectivity index (χ0n) is 12.3. The molecule has 2 aliphatic rings. The molecule has 0 spiro atoms. The number of carboxylic acid groups (broad SMARTS) is 1. The van der Waals surface area contributed by atoms with Crippen LogP contribution in [0.2, 0.25) is 0 Å². The van der Waals surface area contributed by atoms with Crippen LogP contribution in [0.15, 0.2) is 0 Å². The van der Waals surface area contributed by atoms with Gasteiger partial charge in [0.2, 0.25) is 0 Å². The maximum atomic E-state index is 11.7. The van der Waals surface area contributed by atoms with Crippen molar-refractivity contribution in [2.24, 2.45) is 10.8 Å². The molecule has 0 bridgehead atoms. The van der Waals surface area contributed by atoms with Crippen molar-refractivity contribution in [1.82, 2.24) is 4.90 Å². The Morgan fingerprint density at radius 1 is 1.21 bits per heavy atom. The largest absolute Gasteiger partial charge is 0.481 e. The van der Waals surface area contributed by atoms with Gasteiger partial charge in [0.05, 0.1) is 5.41 Å². The highest BCUT2D eigenvalue weighted by Gasteiger charge is 2.44. The molecule has 2 aliphatic heterocycles. The molecule has 2 heterocycles. The zero-order valence-corrected chi connectivity index (χ0v) is 12.3. The Morgan fingerprint density at radius 3 is 2.32 bits per heavy atom. The summed E-state index contributed by atoms with van der Waals surface area (Å²) >= 11 is 0. The minimum Gasteiger partial charge on any atom is -0.481 e. The van der Waals surface area contributed by atoms with Gasteiger partial charge in [-0.1, -0.05) is 13.8 Å². The number of hydrogen-bond donors (Lipinski definition) is 1. The molecule has 0 atom stereocenters. The predicted molar refractivity (Wildman–Crippen MR) is 74.2 cm³/mol. The van der Waals surface area contributed by atoms with Gasteiger partial charge in [-0.3, -0.25) is 4.79 Å². The summed E-state index contributed by atoms with van der Waals surface area (Å²) in [6.45, 7) is 8.52. The lowest BCUT2D eigenvalue weighted by atomic mass is 9.79. The van der Waals surface area contributed by atoms with Crippen LogP contribution in [0.5, 0.6) is 0 Å². The Bertz CT molecular complexity index is 319. The summed E-state index contributed by atoms with van der Waals surface area (Å²) in [6, 6.07) is 0. The van der Waals surface area contributed by atoms with Crippen molar-refractivity contribution in [2.45, 2.75) is 46.0 Å². The van der Waals surface area contributed by atoms with E-state index in [2.05, 4.69) is 18.7 Å². The van der Waals surface area contributed by atoms with E-state index in [0.29, 0.717) is 38.0 Å². The Balaban J connectivity index is 2.01. The number of carboxylic acids is 1. The van der Waals surface area contributed by atoms with Gasteiger partial charge in [0.1, 0.15) is 0 Å². The first-order chi connectivity index (χ1) is 9.06. The van der Waals surface area contributed by atoms with E-state index in [-0.39, 0.29) is 0 Å². The topological polar surface area (TPSA) is 49.8 Å². The monoisotopic (exact) mass is 269 g/mol. The smallest absolute Gasteiger partial charge is 0.311 e. The van der Waals surface area contributed by atoms with Crippen LogP contribution in [0.4, 0.5) is 0 Å². The molecule has 0 aromatic rings. The van der Waals surface area contributed by atoms with Crippen molar-refractivity contribution in [1.29, 1.82) is 0 Å². The van der Waals surface area contributed by atoms with E-state index in [1.54, 1.807) is 0 Å². The van der Waals surface area contributed by atoms with E-state index >= 15 is 0 Å². The molecule has 4 heteroatoms. The van der Waals surface area contributed by atoms with E-state index in [0.717, 1.165) is 13.1 Å². The Kier molecular flexibility index (Phi) is 4.51. The highest BCUT2D eigenvalue weighted by Crippen LogP contribution is 2.40. The molecule has 2 saturated heterocycles. The van der Waals surface area contributed by atoms with Crippen LogP contribution >= 0.6 is 0 Å². The molecule has 2 rings (SSSR count). The van der Waals surface area contributed by atoms with E-state index in [1.807, 2.05) is 0 Å². The van der Waals surface area contributed by atoms with Crippen LogP contribution in [0, 0.1) is 10.8 Å². The maximum Gasteiger partial charge on any atom is 0.311 e. The lowest BCUT2D eigenvalue weighted by Gasteiger charge is -2.37. The van der Waals surface area contributed by atoms with Gasteiger partial charge in [0.15, 0.2) is 0 Å². The molecular weight excluding hydrogens is 242 g/mol. The first-order valence-corrected chi connectivity index (χ1v) is 7.59. The molecule has 0 saturated carbocycles. The number of likely N-dealkylation sites (tertiary alicyclic amines) is 1. The highest BCUT2D eigenvalue weighted by atomic mass is 16.5. The average molecular weight is 269 g/mol.